The van der Waals surface area contributed by atoms with E-state index in [1.807, 2.05) is 78.9 Å². The molecule has 0 saturated heterocycles. The summed E-state index contributed by atoms with van der Waals surface area (Å²) in [5.74, 6) is 2.19. The predicted octanol–water partition coefficient (Wildman–Crippen LogP) is 6.57. The van der Waals surface area contributed by atoms with Gasteiger partial charge in [0.1, 0.15) is 28.3 Å². The second kappa shape index (κ2) is 9.09. The molecule has 0 atom stereocenters. The van der Waals surface area contributed by atoms with Gasteiger partial charge in [0.05, 0.1) is 5.39 Å². The van der Waals surface area contributed by atoms with Crippen molar-refractivity contribution in [3.63, 3.8) is 0 Å². The van der Waals surface area contributed by atoms with Crippen LogP contribution in [0.5, 0.6) is 5.75 Å². The molecule has 9 rings (SSSR count). The van der Waals surface area contributed by atoms with Crippen molar-refractivity contribution in [2.75, 3.05) is 0 Å². The number of aromatic nitrogens is 8. The number of phenols is 1. The molecule has 0 saturated carbocycles. The van der Waals surface area contributed by atoms with Crippen LogP contribution in [-0.4, -0.2) is 45.0 Å². The zero-order valence-corrected chi connectivity index (χ0v) is 25.0. The first-order valence-corrected chi connectivity index (χ1v) is 13.1. The molecule has 7 aromatic rings. The second-order valence-electron chi connectivity index (χ2n) is 9.95. The van der Waals surface area contributed by atoms with Crippen LogP contribution in [0.25, 0.3) is 89.7 Å². The van der Waals surface area contributed by atoms with E-state index in [2.05, 4.69) is 9.97 Å². The van der Waals surface area contributed by atoms with Crippen molar-refractivity contribution in [3.8, 4) is 51.3 Å². The summed E-state index contributed by atoms with van der Waals surface area (Å²) in [4.78, 5) is 36.3. The van der Waals surface area contributed by atoms with E-state index >= 15 is 0 Å². The number of benzene rings is 4. The Bertz CT molecular complexity index is 2410. The minimum Gasteiger partial charge on any atom is -0.507 e. The number of phenolic OH excluding ortho intramolecular Hbond substituents is 1. The first kappa shape index (κ1) is 24.5. The second-order valence-corrected chi connectivity index (χ2v) is 9.95. The van der Waals surface area contributed by atoms with Gasteiger partial charge < -0.3 is 15.1 Å². The summed E-state index contributed by atoms with van der Waals surface area (Å²) in [6.07, 6.45) is 0. The summed E-state index contributed by atoms with van der Waals surface area (Å²) in [6, 6.07) is 29.1. The monoisotopic (exact) mass is 594 g/mol. The molecule has 0 spiro atoms. The van der Waals surface area contributed by atoms with E-state index in [1.54, 1.807) is 12.1 Å². The van der Waals surface area contributed by atoms with E-state index in [9.17, 15) is 5.11 Å². The molecular weight excluding hydrogens is 578 g/mol. The van der Waals surface area contributed by atoms with Gasteiger partial charge in [0.25, 0.3) is 0 Å². The summed E-state index contributed by atoms with van der Waals surface area (Å²) >= 11 is 0. The quantitative estimate of drug-likeness (QED) is 0.169. The van der Waals surface area contributed by atoms with Gasteiger partial charge in [-0.3, -0.25) is 0 Å². The molecule has 2 aliphatic rings. The fourth-order valence-electron chi connectivity index (χ4n) is 5.67. The van der Waals surface area contributed by atoms with Crippen molar-refractivity contribution in [3.05, 3.63) is 91.0 Å². The number of fused-ring (bicyclic) bond motifs is 20. The Labute approximate surface area is 250 Å². The van der Waals surface area contributed by atoms with Gasteiger partial charge in [-0.05, 0) is 6.07 Å². The van der Waals surface area contributed by atoms with Gasteiger partial charge in [0, 0.05) is 57.9 Å². The molecule has 4 aromatic carbocycles. The normalized spacial score (nSPS) is 11.7. The summed E-state index contributed by atoms with van der Waals surface area (Å²) in [7, 11) is 0. The predicted molar refractivity (Wildman–Crippen MR) is 158 cm³/mol. The average Bonchev–Trinajstić information content (AvgIpc) is 3.73. The molecule has 10 heteroatoms. The molecule has 8 bridgehead atoms. The third kappa shape index (κ3) is 3.52. The van der Waals surface area contributed by atoms with Gasteiger partial charge in [0.2, 0.25) is 0 Å². The van der Waals surface area contributed by atoms with Crippen molar-refractivity contribution < 1.29 is 24.6 Å². The van der Waals surface area contributed by atoms with Crippen molar-refractivity contribution in [2.24, 2.45) is 0 Å². The number of nitrogens with zero attached hydrogens (tertiary/aromatic N) is 6. The van der Waals surface area contributed by atoms with E-state index in [4.69, 9.17) is 29.9 Å². The zero-order valence-electron chi connectivity index (χ0n) is 22.0. The van der Waals surface area contributed by atoms with Crippen molar-refractivity contribution in [1.29, 1.82) is 0 Å². The third-order valence-corrected chi connectivity index (χ3v) is 7.56. The third-order valence-electron chi connectivity index (χ3n) is 7.56. The Morgan fingerprint density at radius 1 is 0.405 bits per heavy atom. The molecule has 0 unspecified atom stereocenters. The molecule has 3 aromatic heterocycles. The molecule has 3 N–H and O–H groups in total. The first-order chi connectivity index (χ1) is 20.2. The first-order valence-electron chi connectivity index (χ1n) is 13.1. The Hall–Kier alpha value is -5.34. The number of nitrogens with one attached hydrogen (secondary N) is 2. The minimum atomic E-state index is 0. The fourth-order valence-corrected chi connectivity index (χ4v) is 5.67. The molecule has 2 aliphatic heterocycles. The zero-order chi connectivity index (χ0) is 27.1. The Balaban J connectivity index is 0.00000267. The Kier molecular flexibility index (Phi) is 5.29. The van der Waals surface area contributed by atoms with Gasteiger partial charge in [-0.15, -0.1) is 0 Å². The van der Waals surface area contributed by atoms with Crippen LogP contribution in [-0.2, 0) is 19.5 Å². The molecule has 9 nitrogen and oxygen atoms in total. The number of hydrogen-bond donors (Lipinski definition) is 3. The fraction of sp³-hybridized carbons (Fsp3) is 0. The van der Waals surface area contributed by atoms with E-state index in [1.165, 1.54) is 0 Å². The molecule has 5 heterocycles. The van der Waals surface area contributed by atoms with Crippen molar-refractivity contribution >= 4 is 44.1 Å². The Morgan fingerprint density at radius 2 is 0.786 bits per heavy atom. The number of H-pyrrole nitrogens is 2. The number of hydrogen-bond acceptors (Lipinski definition) is 7. The van der Waals surface area contributed by atoms with Crippen LogP contribution in [0.3, 0.4) is 0 Å². The van der Waals surface area contributed by atoms with Gasteiger partial charge in [0.15, 0.2) is 23.3 Å². The smallest absolute Gasteiger partial charge is 0.164 e. The maximum atomic E-state index is 10.9. The summed E-state index contributed by atoms with van der Waals surface area (Å²) < 4.78 is 0. The van der Waals surface area contributed by atoms with E-state index in [-0.39, 0.29) is 25.2 Å². The molecule has 0 radical (unpaired) electrons. The van der Waals surface area contributed by atoms with Crippen LogP contribution in [0.4, 0.5) is 0 Å². The standard InChI is InChI=1S/C32H18N8O.Zn/c41-23-15-7-14-22-24(23)32-39-30-21-13-6-5-12-20(21)28(37-30)35-26-17-9-2-1-8-16(17)25(33-26)34-27-18-10-3-4-11-19(18)29(36-27)38-31(22)40-32;/h1-15,41H,(H2,33,34,35,36,37,38,39,40);. The van der Waals surface area contributed by atoms with Crippen molar-refractivity contribution in [2.45, 2.75) is 0 Å². The topological polar surface area (TPSA) is 129 Å². The van der Waals surface area contributed by atoms with Crippen LogP contribution in [0.1, 0.15) is 0 Å². The van der Waals surface area contributed by atoms with Crippen LogP contribution >= 0.6 is 0 Å². The summed E-state index contributed by atoms with van der Waals surface area (Å²) in [5.41, 5.74) is 5.74. The molecule has 0 fully saturated rings. The maximum Gasteiger partial charge on any atom is 0.164 e. The van der Waals surface area contributed by atoms with Crippen LogP contribution < -0.4 is 0 Å². The molecule has 42 heavy (non-hydrogen) atoms. The number of rotatable bonds is 0. The SMILES string of the molecule is Oc1cccc2c3nc4nc(nc5[nH]c(nc6nc(nc([nH]3)c12)-c1ccccc1-6)c1ccccc51)-c1ccccc1-4.[Zn]. The maximum absolute atomic E-state index is 10.9. The van der Waals surface area contributed by atoms with Gasteiger partial charge in [-0.25, -0.2) is 29.9 Å². The summed E-state index contributed by atoms with van der Waals surface area (Å²) in [5, 5.41) is 14.0. The Morgan fingerprint density at radius 3 is 1.29 bits per heavy atom. The molecule has 194 valence electrons. The largest absolute Gasteiger partial charge is 0.507 e. The molecular formula is C32H18N8OZn. The van der Waals surface area contributed by atoms with E-state index in [0.717, 1.165) is 38.4 Å². The van der Waals surface area contributed by atoms with Gasteiger partial charge in [-0.2, -0.15) is 0 Å². The van der Waals surface area contributed by atoms with Gasteiger partial charge >= 0.3 is 0 Å². The molecule has 0 amide bonds. The average molecular weight is 596 g/mol. The summed E-state index contributed by atoms with van der Waals surface area (Å²) in [6.45, 7) is 0. The number of aromatic amines is 2. The van der Waals surface area contributed by atoms with E-state index < -0.39 is 0 Å². The van der Waals surface area contributed by atoms with Gasteiger partial charge in [-0.1, -0.05) is 84.9 Å². The minimum absolute atomic E-state index is 0. The number of aromatic hydroxyl groups is 1. The molecule has 0 aliphatic carbocycles. The van der Waals surface area contributed by atoms with Crippen LogP contribution in [0, 0.1) is 0 Å². The van der Waals surface area contributed by atoms with Crippen LogP contribution in [0.2, 0.25) is 0 Å². The van der Waals surface area contributed by atoms with E-state index in [0.29, 0.717) is 51.3 Å². The van der Waals surface area contributed by atoms with Crippen molar-refractivity contribution in [1.82, 2.24) is 39.9 Å². The van der Waals surface area contributed by atoms with Crippen LogP contribution in [0.15, 0.2) is 91.0 Å².